The lowest BCUT2D eigenvalue weighted by molar-refractivity contribution is -0.253. The van der Waals surface area contributed by atoms with Crippen LogP contribution in [0, 0.1) is 0 Å². The number of para-hydroxylation sites is 1. The van der Waals surface area contributed by atoms with Crippen molar-refractivity contribution < 1.29 is 24.1 Å². The number of hydrogen-bond acceptors (Lipinski definition) is 6. The van der Waals surface area contributed by atoms with Crippen LogP contribution in [0.2, 0.25) is 0 Å². The third-order valence-corrected chi connectivity index (χ3v) is 9.05. The van der Waals surface area contributed by atoms with Gasteiger partial charge < -0.3 is 30.0 Å². The van der Waals surface area contributed by atoms with Gasteiger partial charge in [0.1, 0.15) is 11.5 Å². The van der Waals surface area contributed by atoms with Crippen LogP contribution in [0.4, 0.5) is 10.5 Å². The average molecular weight is 648 g/mol. The van der Waals surface area contributed by atoms with E-state index < -0.39 is 6.29 Å². The minimum Gasteiger partial charge on any atom is -0.457 e. The van der Waals surface area contributed by atoms with Gasteiger partial charge in [0.05, 0.1) is 18.8 Å². The Bertz CT molecular complexity index is 1590. The molecule has 2 fully saturated rings. The van der Waals surface area contributed by atoms with E-state index in [1.54, 1.807) is 0 Å². The molecule has 3 atom stereocenters. The van der Waals surface area contributed by atoms with Gasteiger partial charge in [-0.25, -0.2) is 4.79 Å². The van der Waals surface area contributed by atoms with E-state index >= 15 is 0 Å². The summed E-state index contributed by atoms with van der Waals surface area (Å²) in [7, 11) is 0. The molecule has 250 valence electrons. The number of carbonyl (C=O) groups is 1. The number of rotatable bonds is 13. The Hall–Kier alpha value is -4.47. The number of carbonyl (C=O) groups excluding carboxylic acids is 1. The van der Waals surface area contributed by atoms with Crippen molar-refractivity contribution in [3.63, 3.8) is 0 Å². The molecular weight excluding hydrogens is 602 g/mol. The van der Waals surface area contributed by atoms with Gasteiger partial charge in [-0.3, -0.25) is 4.90 Å². The maximum Gasteiger partial charge on any atom is 0.319 e. The number of benzene rings is 4. The zero-order valence-corrected chi connectivity index (χ0v) is 27.3. The van der Waals surface area contributed by atoms with Gasteiger partial charge in [0, 0.05) is 43.3 Å². The quantitative estimate of drug-likeness (QED) is 0.127. The molecule has 2 amide bonds. The highest BCUT2D eigenvalue weighted by Crippen LogP contribution is 2.39. The Kier molecular flexibility index (Phi) is 11.5. The molecule has 6 rings (SSSR count). The van der Waals surface area contributed by atoms with Crippen LogP contribution in [0.3, 0.4) is 0 Å². The van der Waals surface area contributed by atoms with Crippen molar-refractivity contribution in [1.29, 1.82) is 0 Å². The van der Waals surface area contributed by atoms with Crippen molar-refractivity contribution >= 4 is 11.7 Å². The van der Waals surface area contributed by atoms with Crippen LogP contribution in [-0.2, 0) is 22.6 Å². The molecule has 0 bridgehead atoms. The Morgan fingerprint density at radius 3 is 2.21 bits per heavy atom. The molecule has 8 heteroatoms. The number of nitrogens with one attached hydrogen (secondary N) is 2. The molecule has 4 aromatic carbocycles. The van der Waals surface area contributed by atoms with Crippen LogP contribution < -0.4 is 15.4 Å². The van der Waals surface area contributed by atoms with Crippen LogP contribution in [0.1, 0.15) is 66.8 Å². The third-order valence-electron chi connectivity index (χ3n) is 9.05. The molecule has 1 aliphatic heterocycles. The molecule has 0 unspecified atom stereocenters. The number of aliphatic hydroxyl groups excluding tert-OH is 1. The van der Waals surface area contributed by atoms with Crippen LogP contribution in [-0.4, -0.2) is 41.3 Å². The van der Waals surface area contributed by atoms with Crippen molar-refractivity contribution in [1.82, 2.24) is 10.2 Å². The van der Waals surface area contributed by atoms with E-state index in [0.717, 1.165) is 47.5 Å². The first-order valence-corrected chi connectivity index (χ1v) is 16.9. The lowest BCUT2D eigenvalue weighted by atomic mass is 9.99. The molecule has 1 heterocycles. The summed E-state index contributed by atoms with van der Waals surface area (Å²) in [5.41, 5.74) is 4.51. The second kappa shape index (κ2) is 16.6. The topological polar surface area (TPSA) is 92.3 Å². The zero-order valence-electron chi connectivity index (χ0n) is 27.3. The largest absolute Gasteiger partial charge is 0.457 e. The first-order valence-electron chi connectivity index (χ1n) is 16.9. The van der Waals surface area contributed by atoms with Gasteiger partial charge >= 0.3 is 6.03 Å². The molecule has 4 aromatic rings. The number of aliphatic hydroxyl groups is 1. The number of hydrogen-bond donors (Lipinski definition) is 3. The first-order chi connectivity index (χ1) is 23.6. The summed E-state index contributed by atoms with van der Waals surface area (Å²) in [5.74, 6) is 1.45. The minimum atomic E-state index is -0.528. The van der Waals surface area contributed by atoms with Crippen molar-refractivity contribution in [3.8, 4) is 11.5 Å². The summed E-state index contributed by atoms with van der Waals surface area (Å²) in [4.78, 5) is 15.2. The average Bonchev–Trinajstić information content (AvgIpc) is 3.67. The molecule has 1 saturated carbocycles. The van der Waals surface area contributed by atoms with E-state index in [4.69, 9.17) is 14.2 Å². The smallest absolute Gasteiger partial charge is 0.319 e. The summed E-state index contributed by atoms with van der Waals surface area (Å²) in [6.45, 7) is 6.06. The molecule has 2 aliphatic rings. The molecule has 1 saturated heterocycles. The molecule has 0 spiro atoms. The molecular formula is C40H45N3O5. The van der Waals surface area contributed by atoms with E-state index in [2.05, 4.69) is 22.1 Å². The van der Waals surface area contributed by atoms with Crippen molar-refractivity contribution in [2.45, 2.75) is 69.8 Å². The van der Waals surface area contributed by atoms with Gasteiger partial charge in [-0.05, 0) is 65.9 Å². The van der Waals surface area contributed by atoms with E-state index in [1.165, 1.54) is 25.7 Å². The lowest BCUT2D eigenvalue weighted by Crippen LogP contribution is -2.43. The normalized spacial score (nSPS) is 19.6. The van der Waals surface area contributed by atoms with Gasteiger partial charge in [0.2, 0.25) is 0 Å². The number of ether oxygens (including phenoxy) is 3. The van der Waals surface area contributed by atoms with Crippen molar-refractivity contribution in [2.24, 2.45) is 0 Å². The molecule has 0 aromatic heterocycles. The highest BCUT2D eigenvalue weighted by molar-refractivity contribution is 5.89. The summed E-state index contributed by atoms with van der Waals surface area (Å²) < 4.78 is 19.0. The van der Waals surface area contributed by atoms with E-state index in [-0.39, 0.29) is 24.8 Å². The Balaban J connectivity index is 1.06. The molecule has 1 aliphatic carbocycles. The fourth-order valence-electron chi connectivity index (χ4n) is 6.48. The van der Waals surface area contributed by atoms with Gasteiger partial charge in [-0.1, -0.05) is 85.6 Å². The van der Waals surface area contributed by atoms with Gasteiger partial charge in [0.25, 0.3) is 0 Å². The minimum absolute atomic E-state index is 0.0125. The first kappa shape index (κ1) is 33.4. The van der Waals surface area contributed by atoms with E-state index in [9.17, 15) is 9.90 Å². The monoisotopic (exact) mass is 647 g/mol. The molecule has 3 N–H and O–H groups in total. The Morgan fingerprint density at radius 2 is 1.52 bits per heavy atom. The summed E-state index contributed by atoms with van der Waals surface area (Å²) in [5, 5.41) is 15.3. The maximum absolute atomic E-state index is 12.6. The second-order valence-corrected chi connectivity index (χ2v) is 12.5. The number of amides is 2. The van der Waals surface area contributed by atoms with Crippen LogP contribution in [0.5, 0.6) is 11.5 Å². The molecule has 0 radical (unpaired) electrons. The zero-order chi connectivity index (χ0) is 33.1. The molecule has 48 heavy (non-hydrogen) atoms. The van der Waals surface area contributed by atoms with Crippen LogP contribution >= 0.6 is 0 Å². The number of anilines is 1. The summed E-state index contributed by atoms with van der Waals surface area (Å²) >= 11 is 0. The summed E-state index contributed by atoms with van der Waals surface area (Å²) in [6, 6.07) is 33.1. The maximum atomic E-state index is 12.6. The van der Waals surface area contributed by atoms with E-state index in [1.807, 2.05) is 109 Å². The Morgan fingerprint density at radius 1 is 0.854 bits per heavy atom. The number of nitrogens with zero attached hydrogens (tertiary/aromatic N) is 1. The molecule has 8 nitrogen and oxygen atoms in total. The predicted octanol–water partition coefficient (Wildman–Crippen LogP) is 8.27. The van der Waals surface area contributed by atoms with Gasteiger partial charge in [-0.2, -0.15) is 0 Å². The lowest BCUT2D eigenvalue weighted by Gasteiger charge is -2.39. The van der Waals surface area contributed by atoms with Gasteiger partial charge in [-0.15, -0.1) is 6.58 Å². The standard InChI is InChI=1S/C40H45N3O5/c1-2-24-43(34-8-6-7-9-34)27-37-25-38(31-16-14-30(28-44)15-17-31)48-39(47-37)32-18-12-29(13-19-32)26-41-40(45)42-33-20-22-36(23-21-33)46-35-10-4-3-5-11-35/h2-5,10-23,34,37-39,44H,1,6-9,24-28H2,(H2,41,42,45)/t37-,38+,39+/m1/s1. The van der Waals surface area contributed by atoms with E-state index in [0.29, 0.717) is 24.0 Å². The second-order valence-electron chi connectivity index (χ2n) is 12.5. The highest BCUT2D eigenvalue weighted by Gasteiger charge is 2.34. The Labute approximate surface area is 283 Å². The van der Waals surface area contributed by atoms with Crippen molar-refractivity contribution in [2.75, 3.05) is 18.4 Å². The summed E-state index contributed by atoms with van der Waals surface area (Å²) in [6.07, 6.45) is 7.04. The third kappa shape index (κ3) is 9.11. The van der Waals surface area contributed by atoms with Crippen LogP contribution in [0.15, 0.2) is 116 Å². The predicted molar refractivity (Wildman–Crippen MR) is 188 cm³/mol. The van der Waals surface area contributed by atoms with Crippen LogP contribution in [0.25, 0.3) is 0 Å². The van der Waals surface area contributed by atoms with Gasteiger partial charge in [0.15, 0.2) is 6.29 Å². The fraction of sp³-hybridized carbons (Fsp3) is 0.325. The fourth-order valence-corrected chi connectivity index (χ4v) is 6.48. The number of urea groups is 1. The highest BCUT2D eigenvalue weighted by atomic mass is 16.7. The SMILES string of the molecule is C=CCN(C[C@H]1C[C@@H](c2ccc(CO)cc2)O[C@@H](c2ccc(CNC(=O)Nc3ccc(Oc4ccccc4)cc3)cc2)O1)C1CCCC1. The van der Waals surface area contributed by atoms with Crippen molar-refractivity contribution in [3.05, 3.63) is 138 Å².